The summed E-state index contributed by atoms with van der Waals surface area (Å²) in [5, 5.41) is 14.1. The lowest BCUT2D eigenvalue weighted by Crippen LogP contribution is -2.13. The number of oxazole rings is 1. The van der Waals surface area contributed by atoms with Gasteiger partial charge in [-0.05, 0) is 24.3 Å². The number of fused-ring (bicyclic) bond motifs is 1. The summed E-state index contributed by atoms with van der Waals surface area (Å²) in [7, 11) is 0. The molecule has 4 aromatic rings. The summed E-state index contributed by atoms with van der Waals surface area (Å²) in [5.74, 6) is -0.788. The number of carbonyl (C=O) groups is 2. The Morgan fingerprint density at radius 3 is 2.70 bits per heavy atom. The number of hydrogen-bond acceptors (Lipinski definition) is 7. The fraction of sp³-hybridized carbons (Fsp3) is 0.0526. The van der Waals surface area contributed by atoms with Crippen molar-refractivity contribution >= 4 is 34.6 Å². The van der Waals surface area contributed by atoms with E-state index in [0.717, 1.165) is 22.0 Å². The summed E-state index contributed by atoms with van der Waals surface area (Å²) in [6, 6.07) is 13.6. The third-order valence-electron chi connectivity index (χ3n) is 3.84. The van der Waals surface area contributed by atoms with Gasteiger partial charge in [-0.25, -0.2) is 9.67 Å². The van der Waals surface area contributed by atoms with Gasteiger partial charge in [-0.1, -0.05) is 36.0 Å². The van der Waals surface area contributed by atoms with Crippen LogP contribution in [0.3, 0.4) is 0 Å². The van der Waals surface area contributed by atoms with Crippen molar-refractivity contribution in [3.8, 4) is 5.75 Å². The second kappa shape index (κ2) is 7.08. The van der Waals surface area contributed by atoms with E-state index in [2.05, 4.69) is 10.1 Å². The van der Waals surface area contributed by atoms with Crippen molar-refractivity contribution in [2.24, 2.45) is 0 Å². The standard InChI is InChI=1S/C19H13N3O4S/c23-15-7-3-1-5-13(15)18(25)12-9-20-22(10-12)17(24)11-27-19-21-14-6-2-4-8-16(14)26-19/h1-10,23H,11H2. The summed E-state index contributed by atoms with van der Waals surface area (Å²) < 4.78 is 6.66. The van der Waals surface area contributed by atoms with Gasteiger partial charge in [0.1, 0.15) is 11.3 Å². The molecule has 0 aliphatic heterocycles. The van der Waals surface area contributed by atoms with Gasteiger partial charge in [0.2, 0.25) is 0 Å². The Labute approximate surface area is 157 Å². The number of carbonyl (C=O) groups excluding carboxylic acids is 2. The second-order valence-electron chi connectivity index (χ2n) is 5.65. The van der Waals surface area contributed by atoms with Crippen molar-refractivity contribution in [1.82, 2.24) is 14.8 Å². The first-order valence-electron chi connectivity index (χ1n) is 8.01. The van der Waals surface area contributed by atoms with E-state index < -0.39 is 5.78 Å². The number of aromatic hydroxyl groups is 1. The summed E-state index contributed by atoms with van der Waals surface area (Å²) in [4.78, 5) is 29.0. The van der Waals surface area contributed by atoms with Crippen LogP contribution in [0.4, 0.5) is 0 Å². The topological polar surface area (TPSA) is 98.2 Å². The van der Waals surface area contributed by atoms with Crippen LogP contribution in [0, 0.1) is 0 Å². The maximum Gasteiger partial charge on any atom is 0.257 e. The molecule has 0 aliphatic carbocycles. The van der Waals surface area contributed by atoms with Gasteiger partial charge in [-0.15, -0.1) is 0 Å². The van der Waals surface area contributed by atoms with Crippen molar-refractivity contribution in [1.29, 1.82) is 0 Å². The normalized spacial score (nSPS) is 11.0. The highest BCUT2D eigenvalue weighted by Crippen LogP contribution is 2.23. The maximum atomic E-state index is 12.4. The smallest absolute Gasteiger partial charge is 0.257 e. The van der Waals surface area contributed by atoms with Gasteiger partial charge in [0.25, 0.3) is 11.1 Å². The minimum atomic E-state index is -0.404. The van der Waals surface area contributed by atoms with Gasteiger partial charge in [0.05, 0.1) is 23.1 Å². The van der Waals surface area contributed by atoms with E-state index >= 15 is 0 Å². The highest BCUT2D eigenvalue weighted by Gasteiger charge is 2.17. The molecule has 134 valence electrons. The third-order valence-corrected chi connectivity index (χ3v) is 4.66. The van der Waals surface area contributed by atoms with Crippen LogP contribution >= 0.6 is 11.8 Å². The van der Waals surface area contributed by atoms with Crippen LogP contribution in [0.25, 0.3) is 11.1 Å². The van der Waals surface area contributed by atoms with Crippen molar-refractivity contribution in [2.75, 3.05) is 5.75 Å². The fourth-order valence-corrected chi connectivity index (χ4v) is 3.19. The van der Waals surface area contributed by atoms with E-state index in [-0.39, 0.29) is 28.5 Å². The summed E-state index contributed by atoms with van der Waals surface area (Å²) in [6.07, 6.45) is 2.65. The Balaban J connectivity index is 1.45. The molecule has 0 bridgehead atoms. The Bertz CT molecular complexity index is 1120. The minimum Gasteiger partial charge on any atom is -0.507 e. The van der Waals surface area contributed by atoms with Crippen molar-refractivity contribution in [2.45, 2.75) is 5.22 Å². The predicted octanol–water partition coefficient (Wildman–Crippen LogP) is 3.39. The molecule has 0 spiro atoms. The van der Waals surface area contributed by atoms with Crippen LogP contribution in [0.2, 0.25) is 0 Å². The van der Waals surface area contributed by atoms with Crippen LogP contribution in [-0.4, -0.2) is 37.3 Å². The Hall–Kier alpha value is -3.39. The number of thioether (sulfide) groups is 1. The van der Waals surface area contributed by atoms with Crippen LogP contribution in [0.15, 0.2) is 70.6 Å². The number of nitrogens with zero attached hydrogens (tertiary/aromatic N) is 3. The zero-order chi connectivity index (χ0) is 18.8. The Morgan fingerprint density at radius 2 is 1.89 bits per heavy atom. The van der Waals surface area contributed by atoms with Crippen molar-refractivity contribution in [3.05, 3.63) is 72.1 Å². The number of hydrogen-bond donors (Lipinski definition) is 1. The van der Waals surface area contributed by atoms with Gasteiger partial charge in [0.15, 0.2) is 11.4 Å². The average Bonchev–Trinajstić information content (AvgIpc) is 3.33. The van der Waals surface area contributed by atoms with E-state index in [9.17, 15) is 14.7 Å². The largest absolute Gasteiger partial charge is 0.507 e. The second-order valence-corrected chi connectivity index (χ2v) is 6.58. The third kappa shape index (κ3) is 3.47. The lowest BCUT2D eigenvalue weighted by molar-refractivity contribution is 0.0926. The molecule has 1 N–H and O–H groups in total. The first-order chi connectivity index (χ1) is 13.1. The molecule has 0 atom stereocenters. The SMILES string of the molecule is O=C(c1cnn(C(=O)CSc2nc3ccccc3o2)c1)c1ccccc1O. The predicted molar refractivity (Wildman–Crippen MR) is 99.1 cm³/mol. The molecule has 0 radical (unpaired) electrons. The lowest BCUT2D eigenvalue weighted by Gasteiger charge is -2.00. The molecule has 7 nitrogen and oxygen atoms in total. The maximum absolute atomic E-state index is 12.4. The number of aromatic nitrogens is 3. The molecule has 0 unspecified atom stereocenters. The quantitative estimate of drug-likeness (QED) is 0.419. The van der Waals surface area contributed by atoms with E-state index in [4.69, 9.17) is 4.42 Å². The molecule has 2 aromatic carbocycles. The molecule has 0 amide bonds. The van der Waals surface area contributed by atoms with E-state index in [0.29, 0.717) is 10.8 Å². The van der Waals surface area contributed by atoms with Gasteiger partial charge in [0, 0.05) is 6.20 Å². The van der Waals surface area contributed by atoms with E-state index in [1.165, 1.54) is 24.5 Å². The number of para-hydroxylation sites is 3. The van der Waals surface area contributed by atoms with Crippen LogP contribution in [0.1, 0.15) is 20.7 Å². The monoisotopic (exact) mass is 379 g/mol. The molecule has 0 saturated heterocycles. The molecule has 4 rings (SSSR count). The Morgan fingerprint density at radius 1 is 1.11 bits per heavy atom. The zero-order valence-electron chi connectivity index (χ0n) is 13.9. The molecule has 27 heavy (non-hydrogen) atoms. The Kier molecular flexibility index (Phi) is 4.47. The number of rotatable bonds is 5. The lowest BCUT2D eigenvalue weighted by atomic mass is 10.1. The zero-order valence-corrected chi connectivity index (χ0v) is 14.7. The fourth-order valence-electron chi connectivity index (χ4n) is 2.50. The molecule has 0 saturated carbocycles. The van der Waals surface area contributed by atoms with Gasteiger partial charge in [-0.2, -0.15) is 5.10 Å². The summed E-state index contributed by atoms with van der Waals surface area (Å²) in [6.45, 7) is 0. The summed E-state index contributed by atoms with van der Waals surface area (Å²) >= 11 is 1.15. The van der Waals surface area contributed by atoms with Gasteiger partial charge >= 0.3 is 0 Å². The molecular weight excluding hydrogens is 366 g/mol. The molecule has 8 heteroatoms. The average molecular weight is 379 g/mol. The van der Waals surface area contributed by atoms with Gasteiger partial charge < -0.3 is 9.52 Å². The minimum absolute atomic E-state index is 0.0543. The van der Waals surface area contributed by atoms with Crippen molar-refractivity contribution in [3.63, 3.8) is 0 Å². The molecule has 2 aromatic heterocycles. The first kappa shape index (κ1) is 17.0. The van der Waals surface area contributed by atoms with Crippen molar-refractivity contribution < 1.29 is 19.1 Å². The number of ketones is 1. The molecular formula is C19H13N3O4S. The number of phenolic OH excluding ortho intramolecular Hbond substituents is 1. The van der Waals surface area contributed by atoms with Crippen LogP contribution < -0.4 is 0 Å². The molecule has 2 heterocycles. The van der Waals surface area contributed by atoms with Crippen LogP contribution in [-0.2, 0) is 0 Å². The van der Waals surface area contributed by atoms with E-state index in [1.807, 2.05) is 18.2 Å². The number of phenols is 1. The summed E-state index contributed by atoms with van der Waals surface area (Å²) in [5.41, 5.74) is 1.76. The number of benzene rings is 2. The highest BCUT2D eigenvalue weighted by molar-refractivity contribution is 7.99. The molecule has 0 fully saturated rings. The first-order valence-corrected chi connectivity index (χ1v) is 8.99. The molecule has 0 aliphatic rings. The van der Waals surface area contributed by atoms with Gasteiger partial charge in [-0.3, -0.25) is 9.59 Å². The van der Waals surface area contributed by atoms with E-state index in [1.54, 1.807) is 18.2 Å². The van der Waals surface area contributed by atoms with Crippen LogP contribution in [0.5, 0.6) is 5.75 Å². The highest BCUT2D eigenvalue weighted by atomic mass is 32.2.